The van der Waals surface area contributed by atoms with E-state index < -0.39 is 0 Å². The van der Waals surface area contributed by atoms with Crippen molar-refractivity contribution in [3.8, 4) is 0 Å². The molecule has 5 heteroatoms. The number of aromatic amines is 1. The van der Waals surface area contributed by atoms with Crippen molar-refractivity contribution in [1.82, 2.24) is 15.3 Å². The maximum atomic E-state index is 12.4. The van der Waals surface area contributed by atoms with Gasteiger partial charge in [-0.15, -0.1) is 0 Å². The second-order valence-corrected chi connectivity index (χ2v) is 5.35. The molecule has 1 atom stereocenters. The molecule has 0 bridgehead atoms. The minimum absolute atomic E-state index is 0.0996. The number of amides is 1. The van der Waals surface area contributed by atoms with Crippen molar-refractivity contribution in [2.24, 2.45) is 0 Å². The van der Waals surface area contributed by atoms with Crippen LogP contribution in [-0.4, -0.2) is 22.4 Å². The number of imidazole rings is 1. The summed E-state index contributed by atoms with van der Waals surface area (Å²) in [5, 5.41) is 4.75. The van der Waals surface area contributed by atoms with Crippen LogP contribution in [0.2, 0.25) is 0 Å². The summed E-state index contributed by atoms with van der Waals surface area (Å²) in [6.45, 7) is 0.415. The van der Waals surface area contributed by atoms with E-state index in [9.17, 15) is 4.79 Å². The zero-order valence-corrected chi connectivity index (χ0v) is 12.2. The topological polar surface area (TPSA) is 57.8 Å². The minimum Gasteiger partial charge on any atom is -0.350 e. The van der Waals surface area contributed by atoms with E-state index in [4.69, 9.17) is 0 Å². The second kappa shape index (κ2) is 6.01. The van der Waals surface area contributed by atoms with Crippen molar-refractivity contribution in [2.75, 3.05) is 6.54 Å². The molecule has 0 saturated carbocycles. The van der Waals surface area contributed by atoms with E-state index in [0.29, 0.717) is 12.1 Å². The first-order valence-electron chi connectivity index (χ1n) is 6.69. The number of rotatable bonds is 4. The number of hydrogen-bond acceptors (Lipinski definition) is 3. The van der Waals surface area contributed by atoms with Crippen LogP contribution < -0.4 is 5.32 Å². The number of carbonyl (C=O) groups is 1. The van der Waals surface area contributed by atoms with Crippen LogP contribution in [0.4, 0.5) is 0 Å². The highest BCUT2D eigenvalue weighted by Crippen LogP contribution is 2.19. The van der Waals surface area contributed by atoms with E-state index in [1.165, 1.54) is 0 Å². The van der Waals surface area contributed by atoms with Crippen LogP contribution in [0.25, 0.3) is 10.8 Å². The number of aromatic nitrogens is 2. The van der Waals surface area contributed by atoms with Crippen molar-refractivity contribution < 1.29 is 4.79 Å². The standard InChI is InChI=1S/C16H15N3OS/c20-16(19-10-14(21)15-17-8-9-18-15)13-7-3-5-11-4-1-2-6-12(11)13/h1-9,14,21H,10H2,(H,17,18)(H,19,20). The lowest BCUT2D eigenvalue weighted by Gasteiger charge is -2.11. The molecule has 1 heterocycles. The smallest absolute Gasteiger partial charge is 0.251 e. The van der Waals surface area contributed by atoms with Crippen molar-refractivity contribution in [1.29, 1.82) is 0 Å². The Hall–Kier alpha value is -2.27. The van der Waals surface area contributed by atoms with Crippen LogP contribution in [0.3, 0.4) is 0 Å². The maximum Gasteiger partial charge on any atom is 0.251 e. The molecule has 0 fully saturated rings. The first kappa shape index (κ1) is 13.7. The lowest BCUT2D eigenvalue weighted by molar-refractivity contribution is 0.0955. The lowest BCUT2D eigenvalue weighted by Crippen LogP contribution is -2.27. The van der Waals surface area contributed by atoms with Gasteiger partial charge in [-0.25, -0.2) is 4.98 Å². The molecule has 3 rings (SSSR count). The van der Waals surface area contributed by atoms with Gasteiger partial charge in [-0.1, -0.05) is 36.4 Å². The monoisotopic (exact) mass is 297 g/mol. The van der Waals surface area contributed by atoms with Gasteiger partial charge in [-0.05, 0) is 16.8 Å². The van der Waals surface area contributed by atoms with Crippen LogP contribution >= 0.6 is 12.6 Å². The summed E-state index contributed by atoms with van der Waals surface area (Å²) in [4.78, 5) is 19.5. The van der Waals surface area contributed by atoms with E-state index in [0.717, 1.165) is 16.6 Å². The Morgan fingerprint density at radius 3 is 2.86 bits per heavy atom. The van der Waals surface area contributed by atoms with E-state index in [1.54, 1.807) is 12.4 Å². The number of nitrogens with one attached hydrogen (secondary N) is 2. The Morgan fingerprint density at radius 1 is 1.24 bits per heavy atom. The Balaban J connectivity index is 1.75. The molecule has 2 N–H and O–H groups in total. The van der Waals surface area contributed by atoms with Gasteiger partial charge in [0.15, 0.2) is 0 Å². The molecule has 0 aliphatic rings. The van der Waals surface area contributed by atoms with Crippen molar-refractivity contribution in [2.45, 2.75) is 5.25 Å². The van der Waals surface area contributed by atoms with Gasteiger partial charge in [0.1, 0.15) is 5.82 Å². The molecule has 0 aliphatic heterocycles. The maximum absolute atomic E-state index is 12.4. The van der Waals surface area contributed by atoms with Gasteiger partial charge in [-0.3, -0.25) is 4.79 Å². The van der Waals surface area contributed by atoms with Gasteiger partial charge in [0.05, 0.1) is 5.25 Å². The summed E-state index contributed by atoms with van der Waals surface area (Å²) in [6, 6.07) is 13.6. The molecule has 21 heavy (non-hydrogen) atoms. The number of H-pyrrole nitrogens is 1. The average Bonchev–Trinajstić information content (AvgIpc) is 3.06. The Morgan fingerprint density at radius 2 is 2.05 bits per heavy atom. The first-order chi connectivity index (χ1) is 10.3. The van der Waals surface area contributed by atoms with E-state index >= 15 is 0 Å². The summed E-state index contributed by atoms with van der Waals surface area (Å²) < 4.78 is 0. The summed E-state index contributed by atoms with van der Waals surface area (Å²) in [6.07, 6.45) is 3.41. The number of carbonyl (C=O) groups excluding carboxylic acids is 1. The SMILES string of the molecule is O=C(NCC(S)c1ncc[nH]1)c1cccc2ccccc12. The fourth-order valence-electron chi connectivity index (χ4n) is 2.26. The molecule has 1 aromatic heterocycles. The highest BCUT2D eigenvalue weighted by atomic mass is 32.1. The first-order valence-corrected chi connectivity index (χ1v) is 7.20. The third-order valence-electron chi connectivity index (χ3n) is 3.33. The molecule has 2 aromatic carbocycles. The van der Waals surface area contributed by atoms with Crippen molar-refractivity contribution in [3.05, 3.63) is 66.2 Å². The lowest BCUT2D eigenvalue weighted by atomic mass is 10.0. The second-order valence-electron chi connectivity index (χ2n) is 4.73. The van der Waals surface area contributed by atoms with Gasteiger partial charge in [0, 0.05) is 24.5 Å². The Bertz CT molecular complexity index is 750. The zero-order valence-electron chi connectivity index (χ0n) is 11.3. The molecule has 106 valence electrons. The number of fused-ring (bicyclic) bond motifs is 1. The third-order valence-corrected chi connectivity index (χ3v) is 3.75. The predicted molar refractivity (Wildman–Crippen MR) is 86.6 cm³/mol. The summed E-state index contributed by atoms with van der Waals surface area (Å²) >= 11 is 4.44. The molecule has 4 nitrogen and oxygen atoms in total. The van der Waals surface area contributed by atoms with Gasteiger partial charge < -0.3 is 10.3 Å². The number of nitrogens with zero attached hydrogens (tertiary/aromatic N) is 1. The van der Waals surface area contributed by atoms with E-state index in [-0.39, 0.29) is 11.2 Å². The summed E-state index contributed by atoms with van der Waals surface area (Å²) in [5.41, 5.74) is 0.674. The van der Waals surface area contributed by atoms with Crippen LogP contribution in [0.1, 0.15) is 21.4 Å². The molecular weight excluding hydrogens is 282 g/mol. The van der Waals surface area contributed by atoms with Crippen LogP contribution in [0.15, 0.2) is 54.9 Å². The zero-order chi connectivity index (χ0) is 14.7. The summed E-state index contributed by atoms with van der Waals surface area (Å²) in [7, 11) is 0. The quantitative estimate of drug-likeness (QED) is 0.648. The van der Waals surface area contributed by atoms with Crippen LogP contribution in [0.5, 0.6) is 0 Å². The molecule has 0 radical (unpaired) electrons. The largest absolute Gasteiger partial charge is 0.350 e. The molecule has 0 saturated heterocycles. The fraction of sp³-hybridized carbons (Fsp3) is 0.125. The number of benzene rings is 2. The van der Waals surface area contributed by atoms with Gasteiger partial charge in [-0.2, -0.15) is 12.6 Å². The van der Waals surface area contributed by atoms with Gasteiger partial charge in [0.2, 0.25) is 0 Å². The Labute approximate surface area is 128 Å². The molecule has 1 unspecified atom stereocenters. The van der Waals surface area contributed by atoms with E-state index in [2.05, 4.69) is 27.9 Å². The number of hydrogen-bond donors (Lipinski definition) is 3. The van der Waals surface area contributed by atoms with Gasteiger partial charge >= 0.3 is 0 Å². The predicted octanol–water partition coefficient (Wildman–Crippen LogP) is 2.96. The molecular formula is C16H15N3OS. The molecule has 1 amide bonds. The molecule has 0 aliphatic carbocycles. The minimum atomic E-state index is -0.154. The van der Waals surface area contributed by atoms with E-state index in [1.807, 2.05) is 42.5 Å². The highest BCUT2D eigenvalue weighted by molar-refractivity contribution is 7.80. The van der Waals surface area contributed by atoms with Gasteiger partial charge in [0.25, 0.3) is 5.91 Å². The normalized spacial score (nSPS) is 12.2. The fourth-order valence-corrected chi connectivity index (χ4v) is 2.50. The third kappa shape index (κ3) is 2.92. The average molecular weight is 297 g/mol. The number of thiol groups is 1. The van der Waals surface area contributed by atoms with Crippen molar-refractivity contribution >= 4 is 29.3 Å². The molecule has 3 aromatic rings. The highest BCUT2D eigenvalue weighted by Gasteiger charge is 2.13. The summed E-state index contributed by atoms with van der Waals surface area (Å²) in [5.74, 6) is 0.647. The Kier molecular flexibility index (Phi) is 3.92. The van der Waals surface area contributed by atoms with Crippen molar-refractivity contribution in [3.63, 3.8) is 0 Å². The van der Waals surface area contributed by atoms with Crippen LogP contribution in [-0.2, 0) is 0 Å². The molecule has 0 spiro atoms. The van der Waals surface area contributed by atoms with Crippen LogP contribution in [0, 0.1) is 0 Å².